The first-order valence-corrected chi connectivity index (χ1v) is 7.86. The van der Waals surface area contributed by atoms with Gasteiger partial charge in [0.2, 0.25) is 5.91 Å². The minimum atomic E-state index is 0.169. The Labute approximate surface area is 126 Å². The van der Waals surface area contributed by atoms with Crippen molar-refractivity contribution in [2.24, 2.45) is 0 Å². The van der Waals surface area contributed by atoms with Gasteiger partial charge in [-0.25, -0.2) is 0 Å². The van der Waals surface area contributed by atoms with Crippen molar-refractivity contribution in [1.82, 2.24) is 5.32 Å². The van der Waals surface area contributed by atoms with Gasteiger partial charge in [-0.2, -0.15) is 0 Å². The molecule has 1 fully saturated rings. The lowest BCUT2D eigenvalue weighted by atomic mass is 9.81. The Morgan fingerprint density at radius 1 is 1.33 bits per heavy atom. The van der Waals surface area contributed by atoms with Crippen LogP contribution in [0.4, 0.5) is 5.69 Å². The fourth-order valence-electron chi connectivity index (χ4n) is 3.80. The summed E-state index contributed by atoms with van der Waals surface area (Å²) in [7, 11) is 1.67. The number of nitrogens with zero attached hydrogens (tertiary/aromatic N) is 1. The number of methoxy groups -OCH3 is 1. The van der Waals surface area contributed by atoms with Gasteiger partial charge in [-0.3, -0.25) is 4.79 Å². The van der Waals surface area contributed by atoms with Crippen LogP contribution in [0.2, 0.25) is 0 Å². The number of fused-ring (bicyclic) bond motifs is 2. The summed E-state index contributed by atoms with van der Waals surface area (Å²) in [6.07, 6.45) is 4.99. The molecule has 1 saturated carbocycles. The van der Waals surface area contributed by atoms with E-state index in [-0.39, 0.29) is 11.3 Å². The summed E-state index contributed by atoms with van der Waals surface area (Å²) in [6.45, 7) is 2.58. The highest BCUT2D eigenvalue weighted by Crippen LogP contribution is 2.50. The van der Waals surface area contributed by atoms with Crippen LogP contribution < -0.4 is 10.2 Å². The Morgan fingerprint density at radius 3 is 2.86 bits per heavy atom. The molecule has 4 nitrogen and oxygen atoms in total. The molecule has 0 saturated heterocycles. The monoisotopic (exact) mass is 288 g/mol. The highest BCUT2D eigenvalue weighted by atomic mass is 16.5. The molecule has 114 valence electrons. The largest absolute Gasteiger partial charge is 0.383 e. The minimum Gasteiger partial charge on any atom is -0.383 e. The average molecular weight is 288 g/mol. The zero-order chi connectivity index (χ0) is 14.7. The molecule has 0 aromatic heterocycles. The molecule has 21 heavy (non-hydrogen) atoms. The average Bonchev–Trinajstić information content (AvgIpc) is 3.11. The first kappa shape index (κ1) is 14.5. The van der Waals surface area contributed by atoms with Crippen molar-refractivity contribution in [2.45, 2.75) is 31.1 Å². The van der Waals surface area contributed by atoms with E-state index in [0.29, 0.717) is 19.7 Å². The van der Waals surface area contributed by atoms with Crippen LogP contribution in [0.25, 0.3) is 0 Å². The van der Waals surface area contributed by atoms with E-state index in [1.165, 1.54) is 31.2 Å². The second-order valence-corrected chi connectivity index (χ2v) is 6.15. The quantitative estimate of drug-likeness (QED) is 0.844. The van der Waals surface area contributed by atoms with Gasteiger partial charge in [0, 0.05) is 31.3 Å². The lowest BCUT2D eigenvalue weighted by Crippen LogP contribution is -2.41. The second kappa shape index (κ2) is 6.16. The van der Waals surface area contributed by atoms with Crippen LogP contribution >= 0.6 is 0 Å². The summed E-state index contributed by atoms with van der Waals surface area (Å²) < 4.78 is 4.99. The Balaban J connectivity index is 1.74. The summed E-state index contributed by atoms with van der Waals surface area (Å²) in [5.41, 5.74) is 2.73. The zero-order valence-electron chi connectivity index (χ0n) is 12.7. The first-order valence-electron chi connectivity index (χ1n) is 7.86. The number of ether oxygens (including phenoxy) is 1. The molecule has 0 bridgehead atoms. The maximum atomic E-state index is 12.5. The van der Waals surface area contributed by atoms with Gasteiger partial charge in [-0.15, -0.1) is 0 Å². The second-order valence-electron chi connectivity index (χ2n) is 6.15. The van der Waals surface area contributed by atoms with Gasteiger partial charge in [0.05, 0.1) is 13.2 Å². The van der Waals surface area contributed by atoms with Crippen LogP contribution in [0.5, 0.6) is 0 Å². The Kier molecular flexibility index (Phi) is 4.27. The van der Waals surface area contributed by atoms with E-state index in [1.807, 2.05) is 11.0 Å². The zero-order valence-corrected chi connectivity index (χ0v) is 12.7. The predicted octanol–water partition coefficient (Wildman–Crippen LogP) is 2.08. The Morgan fingerprint density at radius 2 is 2.10 bits per heavy atom. The molecule has 4 heteroatoms. The van der Waals surface area contributed by atoms with Crippen LogP contribution in [0.1, 0.15) is 31.2 Å². The first-order chi connectivity index (χ1) is 10.3. The van der Waals surface area contributed by atoms with Crippen molar-refractivity contribution < 1.29 is 9.53 Å². The summed E-state index contributed by atoms with van der Waals surface area (Å²) in [5.74, 6) is 0.169. The van der Waals surface area contributed by atoms with E-state index >= 15 is 0 Å². The molecule has 1 aliphatic carbocycles. The molecule has 2 aliphatic rings. The van der Waals surface area contributed by atoms with Crippen molar-refractivity contribution in [3.63, 3.8) is 0 Å². The van der Waals surface area contributed by atoms with Crippen molar-refractivity contribution in [2.75, 3.05) is 38.3 Å². The number of benzene rings is 1. The maximum absolute atomic E-state index is 12.5. The number of nitrogens with one attached hydrogen (secondary N) is 1. The Bertz CT molecular complexity index is 509. The van der Waals surface area contributed by atoms with E-state index in [9.17, 15) is 4.79 Å². The number of anilines is 1. The van der Waals surface area contributed by atoms with Crippen LogP contribution in [0.3, 0.4) is 0 Å². The summed E-state index contributed by atoms with van der Waals surface area (Å²) >= 11 is 0. The van der Waals surface area contributed by atoms with Crippen LogP contribution in [-0.2, 0) is 14.9 Å². The number of hydrogen-bond donors (Lipinski definition) is 1. The van der Waals surface area contributed by atoms with Gasteiger partial charge in [0.15, 0.2) is 0 Å². The molecular formula is C17H24N2O2. The van der Waals surface area contributed by atoms with Crippen LogP contribution in [0, 0.1) is 0 Å². The van der Waals surface area contributed by atoms with Crippen molar-refractivity contribution >= 4 is 11.6 Å². The van der Waals surface area contributed by atoms with Gasteiger partial charge in [-0.1, -0.05) is 31.0 Å². The van der Waals surface area contributed by atoms with Crippen molar-refractivity contribution in [1.29, 1.82) is 0 Å². The fourth-order valence-corrected chi connectivity index (χ4v) is 3.80. The molecule has 1 spiro atoms. The number of carbonyl (C=O) groups excluding carboxylic acids is 1. The predicted molar refractivity (Wildman–Crippen MR) is 83.7 cm³/mol. The van der Waals surface area contributed by atoms with E-state index in [1.54, 1.807) is 7.11 Å². The molecule has 1 amide bonds. The van der Waals surface area contributed by atoms with Gasteiger partial charge in [-0.05, 0) is 24.5 Å². The smallest absolute Gasteiger partial charge is 0.240 e. The molecule has 1 aliphatic heterocycles. The highest BCUT2D eigenvalue weighted by molar-refractivity contribution is 5.97. The van der Waals surface area contributed by atoms with Crippen LogP contribution in [-0.4, -0.2) is 39.3 Å². The van der Waals surface area contributed by atoms with Gasteiger partial charge >= 0.3 is 0 Å². The number of carbonyl (C=O) groups is 1. The minimum absolute atomic E-state index is 0.169. The highest BCUT2D eigenvalue weighted by Gasteiger charge is 2.45. The van der Waals surface area contributed by atoms with E-state index in [2.05, 4.69) is 23.5 Å². The number of rotatable bonds is 5. The topological polar surface area (TPSA) is 41.6 Å². The molecule has 0 unspecified atom stereocenters. The standard InChI is InChI=1S/C17H24N2O2/c1-21-11-10-18-12-16(20)19-13-17(8-4-5-9-17)14-6-2-3-7-15(14)19/h2-3,6-7,18H,4-5,8-13H2,1H3. The van der Waals surface area contributed by atoms with Gasteiger partial charge in [0.25, 0.3) is 0 Å². The Hall–Kier alpha value is -1.39. The lowest BCUT2D eigenvalue weighted by Gasteiger charge is -2.24. The van der Waals surface area contributed by atoms with E-state index < -0.39 is 0 Å². The van der Waals surface area contributed by atoms with Crippen molar-refractivity contribution in [3.8, 4) is 0 Å². The normalized spacial score (nSPS) is 19.2. The lowest BCUT2D eigenvalue weighted by molar-refractivity contribution is -0.117. The maximum Gasteiger partial charge on any atom is 0.240 e. The van der Waals surface area contributed by atoms with Crippen LogP contribution in [0.15, 0.2) is 24.3 Å². The summed E-state index contributed by atoms with van der Waals surface area (Å²) in [6, 6.07) is 8.44. The molecule has 1 aromatic rings. The molecule has 0 atom stereocenters. The number of para-hydroxylation sites is 1. The van der Waals surface area contributed by atoms with E-state index in [0.717, 1.165) is 12.2 Å². The third-order valence-electron chi connectivity index (χ3n) is 4.85. The summed E-state index contributed by atoms with van der Waals surface area (Å²) in [4.78, 5) is 14.5. The third kappa shape index (κ3) is 2.70. The summed E-state index contributed by atoms with van der Waals surface area (Å²) in [5, 5.41) is 3.16. The fraction of sp³-hybridized carbons (Fsp3) is 0.588. The molecule has 1 heterocycles. The van der Waals surface area contributed by atoms with Crippen molar-refractivity contribution in [3.05, 3.63) is 29.8 Å². The SMILES string of the molecule is COCCNCC(=O)N1CC2(CCCC2)c2ccccc21. The van der Waals surface area contributed by atoms with Gasteiger partial charge < -0.3 is 15.0 Å². The number of amides is 1. The molecule has 0 radical (unpaired) electrons. The molecule has 1 N–H and O–H groups in total. The number of hydrogen-bond acceptors (Lipinski definition) is 3. The molecule has 1 aromatic carbocycles. The van der Waals surface area contributed by atoms with Gasteiger partial charge in [0.1, 0.15) is 0 Å². The third-order valence-corrected chi connectivity index (χ3v) is 4.85. The van der Waals surface area contributed by atoms with E-state index in [4.69, 9.17) is 4.74 Å². The molecule has 3 rings (SSSR count). The molecular weight excluding hydrogens is 264 g/mol.